The molecule has 0 bridgehead atoms. The SMILES string of the molecule is CCN(Cc1ccccc1)c1ccc(N=Nc2snc(C)c2C=N)c(NC(C)=O)c1. The summed E-state index contributed by atoms with van der Waals surface area (Å²) in [5, 5.41) is 19.5. The van der Waals surface area contributed by atoms with E-state index in [1.165, 1.54) is 30.2 Å². The van der Waals surface area contributed by atoms with E-state index in [2.05, 4.69) is 43.9 Å². The molecule has 0 atom stereocenters. The van der Waals surface area contributed by atoms with E-state index >= 15 is 0 Å². The van der Waals surface area contributed by atoms with Gasteiger partial charge in [0.15, 0.2) is 5.00 Å². The van der Waals surface area contributed by atoms with Crippen LogP contribution in [-0.4, -0.2) is 23.0 Å². The van der Waals surface area contributed by atoms with Gasteiger partial charge >= 0.3 is 0 Å². The third-order valence-electron chi connectivity index (χ3n) is 4.54. The van der Waals surface area contributed by atoms with Gasteiger partial charge in [-0.15, -0.1) is 10.2 Å². The molecular weight excluding hydrogens is 396 g/mol. The van der Waals surface area contributed by atoms with E-state index in [0.717, 1.165) is 24.5 Å². The molecule has 0 saturated carbocycles. The summed E-state index contributed by atoms with van der Waals surface area (Å²) in [4.78, 5) is 14.0. The zero-order valence-electron chi connectivity index (χ0n) is 17.2. The van der Waals surface area contributed by atoms with Crippen molar-refractivity contribution in [2.75, 3.05) is 16.8 Å². The zero-order chi connectivity index (χ0) is 21.5. The van der Waals surface area contributed by atoms with Crippen molar-refractivity contribution in [3.63, 3.8) is 0 Å². The van der Waals surface area contributed by atoms with E-state index in [9.17, 15) is 4.79 Å². The topological polar surface area (TPSA) is 93.8 Å². The number of carbonyl (C=O) groups excluding carboxylic acids is 1. The van der Waals surface area contributed by atoms with E-state index in [1.807, 2.05) is 43.3 Å². The Bertz CT molecular complexity index is 1060. The monoisotopic (exact) mass is 420 g/mol. The summed E-state index contributed by atoms with van der Waals surface area (Å²) in [6.45, 7) is 6.98. The smallest absolute Gasteiger partial charge is 0.221 e. The number of carbonyl (C=O) groups is 1. The molecule has 1 heterocycles. The Morgan fingerprint density at radius 3 is 2.67 bits per heavy atom. The first-order valence-electron chi connectivity index (χ1n) is 9.60. The highest BCUT2D eigenvalue weighted by atomic mass is 32.1. The fraction of sp³-hybridized carbons (Fsp3) is 0.227. The molecule has 8 heteroatoms. The van der Waals surface area contributed by atoms with Crippen LogP contribution in [0.15, 0.2) is 58.8 Å². The van der Waals surface area contributed by atoms with Crippen molar-refractivity contribution in [3.05, 3.63) is 65.4 Å². The van der Waals surface area contributed by atoms with Crippen molar-refractivity contribution in [2.45, 2.75) is 27.3 Å². The average molecular weight is 421 g/mol. The number of nitrogens with one attached hydrogen (secondary N) is 2. The van der Waals surface area contributed by atoms with Crippen molar-refractivity contribution >= 4 is 45.7 Å². The van der Waals surface area contributed by atoms with Gasteiger partial charge in [-0.2, -0.15) is 4.37 Å². The van der Waals surface area contributed by atoms with Gasteiger partial charge in [-0.25, -0.2) is 0 Å². The Morgan fingerprint density at radius 1 is 1.23 bits per heavy atom. The molecular formula is C22H24N6OS. The van der Waals surface area contributed by atoms with E-state index in [0.29, 0.717) is 21.9 Å². The normalized spacial score (nSPS) is 10.9. The number of amides is 1. The summed E-state index contributed by atoms with van der Waals surface area (Å²) < 4.78 is 4.22. The minimum absolute atomic E-state index is 0.177. The van der Waals surface area contributed by atoms with E-state index in [4.69, 9.17) is 5.41 Å². The Morgan fingerprint density at radius 2 is 2.00 bits per heavy atom. The standard InChI is InChI=1S/C22H24N6OS/c1-4-28(14-17-8-6-5-7-9-17)18-10-11-20(21(12-18)24-16(3)29)25-26-22-19(13-23)15(2)27-30-22/h5-13,23H,4,14H2,1-3H3,(H,24,29). The Balaban J connectivity index is 1.91. The maximum Gasteiger partial charge on any atom is 0.221 e. The maximum atomic E-state index is 11.8. The lowest BCUT2D eigenvalue weighted by atomic mass is 10.1. The van der Waals surface area contributed by atoms with E-state index < -0.39 is 0 Å². The second-order valence-corrected chi connectivity index (χ2v) is 7.47. The minimum Gasteiger partial charge on any atom is -0.367 e. The van der Waals surface area contributed by atoms with Gasteiger partial charge < -0.3 is 15.6 Å². The number of rotatable bonds is 8. The second-order valence-electron chi connectivity index (χ2n) is 6.71. The van der Waals surface area contributed by atoms with Gasteiger partial charge in [0.1, 0.15) is 5.69 Å². The molecule has 0 fully saturated rings. The van der Waals surface area contributed by atoms with Gasteiger partial charge in [-0.1, -0.05) is 30.3 Å². The fourth-order valence-electron chi connectivity index (χ4n) is 2.99. The van der Waals surface area contributed by atoms with Crippen molar-refractivity contribution < 1.29 is 4.79 Å². The van der Waals surface area contributed by atoms with E-state index in [1.54, 1.807) is 0 Å². The van der Waals surface area contributed by atoms with Crippen LogP contribution in [-0.2, 0) is 11.3 Å². The first-order valence-corrected chi connectivity index (χ1v) is 10.4. The van der Waals surface area contributed by atoms with Crippen LogP contribution in [0.5, 0.6) is 0 Å². The third-order valence-corrected chi connectivity index (χ3v) is 5.38. The minimum atomic E-state index is -0.177. The fourth-order valence-corrected chi connectivity index (χ4v) is 3.69. The molecule has 0 aliphatic heterocycles. The second kappa shape index (κ2) is 9.89. The number of benzene rings is 2. The predicted molar refractivity (Wildman–Crippen MR) is 123 cm³/mol. The summed E-state index contributed by atoms with van der Waals surface area (Å²) in [7, 11) is 0. The molecule has 154 valence electrons. The van der Waals surface area contributed by atoms with Crippen LogP contribution < -0.4 is 10.2 Å². The van der Waals surface area contributed by atoms with Crippen molar-refractivity contribution in [1.82, 2.24) is 4.37 Å². The molecule has 0 aliphatic carbocycles. The lowest BCUT2D eigenvalue weighted by Gasteiger charge is -2.24. The molecule has 0 spiro atoms. The summed E-state index contributed by atoms with van der Waals surface area (Å²) in [6, 6.07) is 16.0. The predicted octanol–water partition coefficient (Wildman–Crippen LogP) is 5.85. The molecule has 3 rings (SSSR count). The number of aromatic nitrogens is 1. The van der Waals surface area contributed by atoms with E-state index in [-0.39, 0.29) is 5.91 Å². The molecule has 7 nitrogen and oxygen atoms in total. The van der Waals surface area contributed by atoms with Crippen LogP contribution in [0.3, 0.4) is 0 Å². The van der Waals surface area contributed by atoms with Gasteiger partial charge in [0.25, 0.3) is 0 Å². The highest BCUT2D eigenvalue weighted by Crippen LogP contribution is 2.34. The highest BCUT2D eigenvalue weighted by Gasteiger charge is 2.12. The molecule has 2 aromatic carbocycles. The third kappa shape index (κ3) is 5.15. The molecule has 1 aromatic heterocycles. The molecule has 0 saturated heterocycles. The molecule has 30 heavy (non-hydrogen) atoms. The summed E-state index contributed by atoms with van der Waals surface area (Å²) in [5.41, 5.74) is 4.74. The molecule has 0 radical (unpaired) electrons. The Hall–Kier alpha value is -3.39. The van der Waals surface area contributed by atoms with Gasteiger partial charge in [0.05, 0.1) is 16.9 Å². The van der Waals surface area contributed by atoms with Gasteiger partial charge in [0.2, 0.25) is 5.91 Å². The van der Waals surface area contributed by atoms with Crippen molar-refractivity contribution in [3.8, 4) is 0 Å². The largest absolute Gasteiger partial charge is 0.367 e. The first kappa shape index (κ1) is 21.3. The van der Waals surface area contributed by atoms with Crippen molar-refractivity contribution in [1.29, 1.82) is 5.41 Å². The number of aryl methyl sites for hydroxylation is 1. The molecule has 2 N–H and O–H groups in total. The van der Waals surface area contributed by atoms with Gasteiger partial charge in [-0.05, 0) is 49.1 Å². The van der Waals surface area contributed by atoms with Gasteiger partial charge in [0, 0.05) is 31.9 Å². The number of nitrogens with zero attached hydrogens (tertiary/aromatic N) is 4. The quantitative estimate of drug-likeness (QED) is 0.353. The highest BCUT2D eigenvalue weighted by molar-refractivity contribution is 7.10. The van der Waals surface area contributed by atoms with Crippen molar-refractivity contribution in [2.24, 2.45) is 10.2 Å². The Labute approximate surface area is 180 Å². The van der Waals surface area contributed by atoms with Crippen LogP contribution in [0.2, 0.25) is 0 Å². The number of anilines is 2. The Kier molecular flexibility index (Phi) is 7.03. The zero-order valence-corrected chi connectivity index (χ0v) is 18.0. The van der Waals surface area contributed by atoms with Crippen LogP contribution in [0.25, 0.3) is 0 Å². The van der Waals surface area contributed by atoms with Gasteiger partial charge in [-0.3, -0.25) is 4.79 Å². The summed E-state index contributed by atoms with van der Waals surface area (Å²) in [6.07, 6.45) is 1.23. The number of hydrogen-bond acceptors (Lipinski definition) is 7. The molecule has 0 aliphatic rings. The van der Waals surface area contributed by atoms with Crippen LogP contribution in [0.4, 0.5) is 22.1 Å². The van der Waals surface area contributed by atoms with Crippen LogP contribution in [0.1, 0.15) is 30.7 Å². The lowest BCUT2D eigenvalue weighted by molar-refractivity contribution is -0.114. The molecule has 1 amide bonds. The maximum absolute atomic E-state index is 11.8. The number of hydrogen-bond donors (Lipinski definition) is 2. The first-order chi connectivity index (χ1) is 14.5. The lowest BCUT2D eigenvalue weighted by Crippen LogP contribution is -2.22. The summed E-state index contributed by atoms with van der Waals surface area (Å²) >= 11 is 1.20. The molecule has 0 unspecified atom stereocenters. The van der Waals surface area contributed by atoms with Crippen LogP contribution >= 0.6 is 11.5 Å². The summed E-state index contributed by atoms with van der Waals surface area (Å²) in [5.74, 6) is -0.177. The number of azo groups is 1. The van der Waals surface area contributed by atoms with Crippen LogP contribution in [0, 0.1) is 12.3 Å². The molecule has 3 aromatic rings. The average Bonchev–Trinajstić information content (AvgIpc) is 3.10.